The highest BCUT2D eigenvalue weighted by atomic mass is 28.3. The molecule has 8 rings (SSSR count). The van der Waals surface area contributed by atoms with Gasteiger partial charge in [0.25, 0.3) is 0 Å². The molecule has 0 spiro atoms. The Labute approximate surface area is 310 Å². The van der Waals surface area contributed by atoms with Crippen LogP contribution in [0.5, 0.6) is 0 Å². The van der Waals surface area contributed by atoms with Gasteiger partial charge in [0.15, 0.2) is 0 Å². The molecule has 0 N–H and O–H groups in total. The van der Waals surface area contributed by atoms with Crippen molar-refractivity contribution >= 4 is 8.07 Å². The standard InChI is InChI=1S/C50H60Si/c1-46(2)24-25-47(3,4)42-30-39-33(27-41(42)46)26-34-28-44-43(31-40(34)39)48(5,6)32-45(49(44,7)8)50(35-18-14-12-15-19-35,36-20-16-13-17-21-36)37-22-23-38(29-37)51(9,10)11/h12-21,23,27-31,45H,22,24-26,32H2,1-11H3. The van der Waals surface area contributed by atoms with E-state index in [1.54, 1.807) is 33.0 Å². The molecule has 1 heteroatoms. The third kappa shape index (κ3) is 5.19. The lowest BCUT2D eigenvalue weighted by atomic mass is 9.46. The summed E-state index contributed by atoms with van der Waals surface area (Å²) in [5.74, 6) is 0.355. The molecule has 0 bridgehead atoms. The van der Waals surface area contributed by atoms with Crippen molar-refractivity contribution in [3.8, 4) is 11.1 Å². The maximum absolute atomic E-state index is 2.68. The van der Waals surface area contributed by atoms with E-state index in [1.165, 1.54) is 46.2 Å². The van der Waals surface area contributed by atoms with Crippen LogP contribution in [-0.2, 0) is 33.5 Å². The van der Waals surface area contributed by atoms with Gasteiger partial charge in [0.05, 0.1) is 8.07 Å². The van der Waals surface area contributed by atoms with Crippen LogP contribution in [0.15, 0.2) is 108 Å². The number of allylic oxidation sites excluding steroid dienone is 4. The lowest BCUT2D eigenvalue weighted by Crippen LogP contribution is -2.53. The van der Waals surface area contributed by atoms with Gasteiger partial charge in [-0.25, -0.2) is 0 Å². The zero-order chi connectivity index (χ0) is 36.4. The molecule has 0 aliphatic heterocycles. The molecule has 51 heavy (non-hydrogen) atoms. The van der Waals surface area contributed by atoms with Gasteiger partial charge in [0, 0.05) is 5.41 Å². The summed E-state index contributed by atoms with van der Waals surface area (Å²) < 4.78 is 0. The topological polar surface area (TPSA) is 0 Å². The molecule has 0 aromatic heterocycles. The van der Waals surface area contributed by atoms with Gasteiger partial charge in [-0.2, -0.15) is 0 Å². The van der Waals surface area contributed by atoms with Gasteiger partial charge in [0.1, 0.15) is 0 Å². The molecule has 0 heterocycles. The Kier molecular flexibility index (Phi) is 7.67. The van der Waals surface area contributed by atoms with Gasteiger partial charge in [0.2, 0.25) is 0 Å². The summed E-state index contributed by atoms with van der Waals surface area (Å²) in [6.45, 7) is 27.7. The molecule has 1 unspecified atom stereocenters. The van der Waals surface area contributed by atoms with Gasteiger partial charge in [-0.3, -0.25) is 0 Å². The first-order chi connectivity index (χ1) is 23.9. The normalized spacial score (nSPS) is 22.3. The molecular weight excluding hydrogens is 629 g/mol. The minimum Gasteiger partial charge on any atom is -0.0812 e. The Morgan fingerprint density at radius 3 is 1.55 bits per heavy atom. The molecule has 0 nitrogen and oxygen atoms in total. The smallest absolute Gasteiger partial charge is 0.0771 e. The van der Waals surface area contributed by atoms with Crippen LogP contribution in [0, 0.1) is 5.92 Å². The average molecular weight is 689 g/mol. The molecule has 4 aliphatic carbocycles. The second kappa shape index (κ2) is 11.3. The van der Waals surface area contributed by atoms with Gasteiger partial charge >= 0.3 is 0 Å². The highest BCUT2D eigenvalue weighted by Crippen LogP contribution is 2.62. The maximum atomic E-state index is 2.68. The number of benzene rings is 4. The maximum Gasteiger partial charge on any atom is 0.0771 e. The summed E-state index contributed by atoms with van der Waals surface area (Å²) in [4.78, 5) is 0. The first-order valence-corrected chi connectivity index (χ1v) is 23.3. The van der Waals surface area contributed by atoms with Crippen LogP contribution in [0.3, 0.4) is 0 Å². The summed E-state index contributed by atoms with van der Waals surface area (Å²) in [5.41, 5.74) is 16.9. The fraction of sp³-hybridized carbons (Fsp3) is 0.440. The van der Waals surface area contributed by atoms with Crippen molar-refractivity contribution in [2.75, 3.05) is 0 Å². The number of rotatable bonds is 5. The van der Waals surface area contributed by atoms with E-state index >= 15 is 0 Å². The summed E-state index contributed by atoms with van der Waals surface area (Å²) >= 11 is 0. The molecule has 4 aliphatic rings. The molecular formula is C50H60Si. The predicted molar refractivity (Wildman–Crippen MR) is 222 cm³/mol. The van der Waals surface area contributed by atoms with Crippen molar-refractivity contribution in [2.45, 2.75) is 134 Å². The van der Waals surface area contributed by atoms with Crippen molar-refractivity contribution in [3.63, 3.8) is 0 Å². The third-order valence-corrected chi connectivity index (χ3v) is 16.3. The predicted octanol–water partition coefficient (Wildman–Crippen LogP) is 13.3. The van der Waals surface area contributed by atoms with Crippen molar-refractivity contribution < 1.29 is 0 Å². The van der Waals surface area contributed by atoms with E-state index in [9.17, 15) is 0 Å². The fourth-order valence-corrected chi connectivity index (χ4v) is 12.4. The van der Waals surface area contributed by atoms with E-state index < -0.39 is 8.07 Å². The quantitative estimate of drug-likeness (QED) is 0.161. The Bertz CT molecular complexity index is 2050. The van der Waals surface area contributed by atoms with Crippen molar-refractivity contribution in [1.82, 2.24) is 0 Å². The second-order valence-electron chi connectivity index (χ2n) is 20.2. The van der Waals surface area contributed by atoms with Crippen LogP contribution in [0.4, 0.5) is 0 Å². The Morgan fingerprint density at radius 2 is 1.06 bits per heavy atom. The van der Waals surface area contributed by atoms with E-state index in [2.05, 4.69) is 172 Å². The van der Waals surface area contributed by atoms with E-state index in [-0.39, 0.29) is 27.1 Å². The zero-order valence-electron chi connectivity index (χ0n) is 33.4. The summed E-state index contributed by atoms with van der Waals surface area (Å²) in [6.07, 6.45) is 10.9. The SMILES string of the molecule is CC1(C)CCC(C)(C)c2cc3c(cc21)Cc1cc2c(cc1-3)C(C)(C)CC(C(C1=CC([Si](C)(C)C)=CC1)(c1ccccc1)c1ccccc1)C2(C)C. The third-order valence-electron chi connectivity index (χ3n) is 14.2. The minimum absolute atomic E-state index is 0.00574. The zero-order valence-corrected chi connectivity index (χ0v) is 34.4. The monoisotopic (exact) mass is 688 g/mol. The van der Waals surface area contributed by atoms with Crippen LogP contribution >= 0.6 is 0 Å². The Morgan fingerprint density at radius 1 is 0.588 bits per heavy atom. The van der Waals surface area contributed by atoms with Crippen molar-refractivity contribution in [1.29, 1.82) is 0 Å². The van der Waals surface area contributed by atoms with Gasteiger partial charge in [-0.15, -0.1) is 0 Å². The van der Waals surface area contributed by atoms with Crippen LogP contribution in [-0.4, -0.2) is 8.07 Å². The molecule has 4 aromatic carbocycles. The summed E-state index contributed by atoms with van der Waals surface area (Å²) in [6, 6.07) is 33.8. The summed E-state index contributed by atoms with van der Waals surface area (Å²) in [7, 11) is -1.50. The van der Waals surface area contributed by atoms with Gasteiger partial charge in [-0.1, -0.05) is 183 Å². The first-order valence-electron chi connectivity index (χ1n) is 19.8. The van der Waals surface area contributed by atoms with Crippen LogP contribution < -0.4 is 0 Å². The minimum atomic E-state index is -1.50. The number of hydrogen-bond donors (Lipinski definition) is 0. The van der Waals surface area contributed by atoms with E-state index in [0.29, 0.717) is 5.92 Å². The molecule has 0 saturated carbocycles. The lowest BCUT2D eigenvalue weighted by molar-refractivity contribution is 0.154. The van der Waals surface area contributed by atoms with Crippen LogP contribution in [0.1, 0.15) is 126 Å². The Hall–Kier alpha value is -3.42. The number of fused-ring (bicyclic) bond motifs is 5. The summed E-state index contributed by atoms with van der Waals surface area (Å²) in [5, 5.41) is 1.60. The highest BCUT2D eigenvalue weighted by Gasteiger charge is 2.57. The van der Waals surface area contributed by atoms with Crippen molar-refractivity contribution in [2.24, 2.45) is 5.92 Å². The fourth-order valence-electron chi connectivity index (χ4n) is 11.0. The molecule has 4 aromatic rings. The molecule has 0 fully saturated rings. The van der Waals surface area contributed by atoms with E-state index in [1.807, 2.05) is 0 Å². The number of hydrogen-bond acceptors (Lipinski definition) is 0. The lowest BCUT2D eigenvalue weighted by Gasteiger charge is -2.57. The highest BCUT2D eigenvalue weighted by molar-refractivity contribution is 6.83. The van der Waals surface area contributed by atoms with E-state index in [4.69, 9.17) is 0 Å². The molecule has 0 amide bonds. The van der Waals surface area contributed by atoms with Crippen molar-refractivity contribution in [3.05, 3.63) is 152 Å². The van der Waals surface area contributed by atoms with Gasteiger partial charge < -0.3 is 0 Å². The molecule has 0 radical (unpaired) electrons. The van der Waals surface area contributed by atoms with Crippen LogP contribution in [0.25, 0.3) is 11.1 Å². The Balaban J connectivity index is 1.34. The largest absolute Gasteiger partial charge is 0.0812 e. The molecule has 1 atom stereocenters. The molecule has 264 valence electrons. The van der Waals surface area contributed by atoms with Gasteiger partial charge in [-0.05, 0) is 115 Å². The van der Waals surface area contributed by atoms with Crippen LogP contribution in [0.2, 0.25) is 19.6 Å². The van der Waals surface area contributed by atoms with E-state index in [0.717, 1.165) is 19.3 Å². The molecule has 0 saturated heterocycles. The average Bonchev–Trinajstić information content (AvgIpc) is 3.72. The first kappa shape index (κ1) is 34.7. The second-order valence-corrected chi connectivity index (χ2v) is 25.3.